The number of allylic oxidation sites excluding steroid dienone is 1. The first-order chi connectivity index (χ1) is 12.3. The highest BCUT2D eigenvalue weighted by atomic mass is 32.2. The van der Waals surface area contributed by atoms with Crippen LogP contribution in [0.5, 0.6) is 5.75 Å². The maximum atomic E-state index is 11.0. The van der Waals surface area contributed by atoms with Crippen LogP contribution in [0, 0.1) is 0 Å². The third kappa shape index (κ3) is 3.66. The summed E-state index contributed by atoms with van der Waals surface area (Å²) in [5.41, 5.74) is 1.53. The Morgan fingerprint density at radius 2 is 2.24 bits per heavy atom. The number of methoxy groups -OCH3 is 1. The van der Waals surface area contributed by atoms with Gasteiger partial charge in [-0.05, 0) is 30.3 Å². The summed E-state index contributed by atoms with van der Waals surface area (Å²) in [7, 11) is 1.61. The first-order valence-corrected chi connectivity index (χ1v) is 8.58. The third-order valence-electron chi connectivity index (χ3n) is 3.57. The van der Waals surface area contributed by atoms with Crippen LogP contribution in [-0.2, 0) is 12.3 Å². The molecule has 3 rings (SSSR count). The Labute approximate surface area is 149 Å². The Morgan fingerprint density at radius 1 is 1.36 bits per heavy atom. The number of aromatic nitrogens is 3. The predicted octanol–water partition coefficient (Wildman–Crippen LogP) is 3.84. The van der Waals surface area contributed by atoms with Gasteiger partial charge in [-0.15, -0.1) is 16.8 Å². The van der Waals surface area contributed by atoms with Crippen LogP contribution >= 0.6 is 11.8 Å². The number of ether oxygens (including phenoxy) is 1. The summed E-state index contributed by atoms with van der Waals surface area (Å²) < 4.78 is 12.7. The molecule has 25 heavy (non-hydrogen) atoms. The van der Waals surface area contributed by atoms with Crippen molar-refractivity contribution in [1.82, 2.24) is 14.8 Å². The van der Waals surface area contributed by atoms with Crippen molar-refractivity contribution in [3.05, 3.63) is 60.4 Å². The van der Waals surface area contributed by atoms with E-state index in [1.807, 2.05) is 22.8 Å². The Hall–Kier alpha value is -2.80. The second kappa shape index (κ2) is 7.85. The number of hydrogen-bond acceptors (Lipinski definition) is 6. The lowest BCUT2D eigenvalue weighted by molar-refractivity contribution is 0.112. The molecule has 0 unspecified atom stereocenters. The molecule has 3 aromatic rings. The Morgan fingerprint density at radius 3 is 2.92 bits per heavy atom. The average molecular weight is 355 g/mol. The lowest BCUT2D eigenvalue weighted by Gasteiger charge is -2.09. The minimum atomic E-state index is 0.566. The largest absolute Gasteiger partial charge is 0.496 e. The number of carbonyl (C=O) groups is 1. The van der Waals surface area contributed by atoms with Crippen LogP contribution in [0.4, 0.5) is 0 Å². The number of nitrogens with zero attached hydrogens (tertiary/aromatic N) is 3. The summed E-state index contributed by atoms with van der Waals surface area (Å²) >= 11 is 1.51. The quantitative estimate of drug-likeness (QED) is 0.347. The van der Waals surface area contributed by atoms with Gasteiger partial charge in [0, 0.05) is 23.4 Å². The maximum absolute atomic E-state index is 11.0. The zero-order valence-corrected chi connectivity index (χ0v) is 14.5. The molecule has 1 aromatic carbocycles. The van der Waals surface area contributed by atoms with Crippen molar-refractivity contribution < 1.29 is 13.9 Å². The number of rotatable bonds is 8. The summed E-state index contributed by atoms with van der Waals surface area (Å²) in [6, 6.07) is 9.00. The summed E-state index contributed by atoms with van der Waals surface area (Å²) in [6.07, 6.45) is 4.21. The molecule has 0 radical (unpaired) electrons. The number of thioether (sulfide) groups is 1. The molecule has 0 aliphatic heterocycles. The summed E-state index contributed by atoms with van der Waals surface area (Å²) in [5.74, 6) is 2.64. The molecule has 2 aromatic heterocycles. The molecule has 0 amide bonds. The molecule has 7 heteroatoms. The zero-order valence-electron chi connectivity index (χ0n) is 13.7. The van der Waals surface area contributed by atoms with E-state index in [1.165, 1.54) is 11.8 Å². The minimum Gasteiger partial charge on any atom is -0.496 e. The maximum Gasteiger partial charge on any atom is 0.200 e. The SMILES string of the molecule is C=CCn1c(SCc2cc(C=O)ccc2OC)nnc1-c1ccco1. The van der Waals surface area contributed by atoms with E-state index in [0.29, 0.717) is 29.4 Å². The van der Waals surface area contributed by atoms with Crippen molar-refractivity contribution >= 4 is 18.0 Å². The van der Waals surface area contributed by atoms with Gasteiger partial charge in [-0.25, -0.2) is 0 Å². The highest BCUT2D eigenvalue weighted by molar-refractivity contribution is 7.98. The van der Waals surface area contributed by atoms with E-state index in [9.17, 15) is 4.79 Å². The normalized spacial score (nSPS) is 10.6. The molecule has 0 N–H and O–H groups in total. The van der Waals surface area contributed by atoms with Crippen LogP contribution in [0.2, 0.25) is 0 Å². The number of benzene rings is 1. The highest BCUT2D eigenvalue weighted by Gasteiger charge is 2.16. The standard InChI is InChI=1S/C18H17N3O3S/c1-3-8-21-17(16-5-4-9-24-16)19-20-18(21)25-12-14-10-13(11-22)6-7-15(14)23-2/h3-7,9-11H,1,8,12H2,2H3. The molecule has 0 aliphatic rings. The van der Waals surface area contributed by atoms with Crippen molar-refractivity contribution in [1.29, 1.82) is 0 Å². The molecule has 0 atom stereocenters. The van der Waals surface area contributed by atoms with Crippen molar-refractivity contribution in [2.24, 2.45) is 0 Å². The van der Waals surface area contributed by atoms with E-state index in [4.69, 9.17) is 9.15 Å². The molecule has 6 nitrogen and oxygen atoms in total. The van der Waals surface area contributed by atoms with Gasteiger partial charge in [0.15, 0.2) is 10.9 Å². The van der Waals surface area contributed by atoms with Crippen molar-refractivity contribution in [2.45, 2.75) is 17.5 Å². The van der Waals surface area contributed by atoms with E-state index in [-0.39, 0.29) is 0 Å². The van der Waals surface area contributed by atoms with Gasteiger partial charge in [0.1, 0.15) is 12.0 Å². The molecular weight excluding hydrogens is 338 g/mol. The molecule has 0 fully saturated rings. The van der Waals surface area contributed by atoms with Crippen LogP contribution < -0.4 is 4.74 Å². The van der Waals surface area contributed by atoms with Gasteiger partial charge < -0.3 is 9.15 Å². The molecular formula is C18H17N3O3S. The Kier molecular flexibility index (Phi) is 5.35. The van der Waals surface area contributed by atoms with Gasteiger partial charge in [-0.2, -0.15) is 0 Å². The Balaban J connectivity index is 1.86. The first kappa shape index (κ1) is 17.0. The van der Waals surface area contributed by atoms with E-state index in [2.05, 4.69) is 16.8 Å². The highest BCUT2D eigenvalue weighted by Crippen LogP contribution is 2.30. The second-order valence-corrected chi connectivity index (χ2v) is 6.10. The van der Waals surface area contributed by atoms with Crippen LogP contribution in [0.15, 0.2) is 58.8 Å². The summed E-state index contributed by atoms with van der Waals surface area (Å²) in [6.45, 7) is 4.36. The number of hydrogen-bond donors (Lipinski definition) is 0. The molecule has 2 heterocycles. The van der Waals surface area contributed by atoms with Crippen LogP contribution in [0.3, 0.4) is 0 Å². The van der Waals surface area contributed by atoms with Crippen molar-refractivity contribution in [3.8, 4) is 17.3 Å². The van der Waals surface area contributed by atoms with Crippen LogP contribution in [0.1, 0.15) is 15.9 Å². The Bertz CT molecular complexity index is 872. The first-order valence-electron chi connectivity index (χ1n) is 7.59. The molecule has 0 saturated heterocycles. The number of aldehydes is 1. The molecule has 128 valence electrons. The monoisotopic (exact) mass is 355 g/mol. The number of carbonyl (C=O) groups excluding carboxylic acids is 1. The topological polar surface area (TPSA) is 70.2 Å². The van der Waals surface area contributed by atoms with Crippen LogP contribution in [0.25, 0.3) is 11.6 Å². The fraction of sp³-hybridized carbons (Fsp3) is 0.167. The van der Waals surface area contributed by atoms with E-state index < -0.39 is 0 Å². The number of furan rings is 1. The van der Waals surface area contributed by atoms with Gasteiger partial charge in [-0.1, -0.05) is 17.8 Å². The molecule has 0 saturated carbocycles. The van der Waals surface area contributed by atoms with Crippen molar-refractivity contribution in [3.63, 3.8) is 0 Å². The lowest BCUT2D eigenvalue weighted by atomic mass is 10.1. The minimum absolute atomic E-state index is 0.566. The fourth-order valence-electron chi connectivity index (χ4n) is 2.40. The third-order valence-corrected chi connectivity index (χ3v) is 4.58. The lowest BCUT2D eigenvalue weighted by Crippen LogP contribution is -2.00. The fourth-order valence-corrected chi connectivity index (χ4v) is 3.33. The molecule has 0 aliphatic carbocycles. The molecule has 0 spiro atoms. The summed E-state index contributed by atoms with van der Waals surface area (Å²) in [4.78, 5) is 11.0. The molecule has 0 bridgehead atoms. The van der Waals surface area contributed by atoms with Gasteiger partial charge in [0.25, 0.3) is 0 Å². The predicted molar refractivity (Wildman–Crippen MR) is 95.9 cm³/mol. The van der Waals surface area contributed by atoms with E-state index in [0.717, 1.165) is 22.8 Å². The van der Waals surface area contributed by atoms with Gasteiger partial charge in [0.05, 0.1) is 13.4 Å². The zero-order chi connectivity index (χ0) is 17.6. The van der Waals surface area contributed by atoms with E-state index >= 15 is 0 Å². The smallest absolute Gasteiger partial charge is 0.200 e. The van der Waals surface area contributed by atoms with Crippen LogP contribution in [-0.4, -0.2) is 28.2 Å². The van der Waals surface area contributed by atoms with Gasteiger partial charge in [-0.3, -0.25) is 9.36 Å². The average Bonchev–Trinajstić information content (AvgIpc) is 3.30. The second-order valence-electron chi connectivity index (χ2n) is 5.16. The van der Waals surface area contributed by atoms with E-state index in [1.54, 1.807) is 31.6 Å². The summed E-state index contributed by atoms with van der Waals surface area (Å²) in [5, 5.41) is 9.23. The van der Waals surface area contributed by atoms with Gasteiger partial charge in [0.2, 0.25) is 5.82 Å². The van der Waals surface area contributed by atoms with Gasteiger partial charge >= 0.3 is 0 Å². The van der Waals surface area contributed by atoms with Crippen molar-refractivity contribution in [2.75, 3.05) is 7.11 Å².